The van der Waals surface area contributed by atoms with Crippen LogP contribution in [0, 0.1) is 5.82 Å². The van der Waals surface area contributed by atoms with Gasteiger partial charge in [-0.05, 0) is 24.3 Å². The Kier molecular flexibility index (Phi) is 4.97. The van der Waals surface area contributed by atoms with Crippen molar-refractivity contribution in [2.24, 2.45) is 0 Å². The molecule has 0 radical (unpaired) electrons. The van der Waals surface area contributed by atoms with E-state index in [-0.39, 0.29) is 11.8 Å². The fourth-order valence-corrected chi connectivity index (χ4v) is 3.82. The summed E-state index contributed by atoms with van der Waals surface area (Å²) >= 11 is 1.49. The largest absolute Gasteiger partial charge is 0.345 e. The van der Waals surface area contributed by atoms with E-state index in [0.29, 0.717) is 43.1 Å². The highest BCUT2D eigenvalue weighted by molar-refractivity contribution is 7.14. The van der Waals surface area contributed by atoms with Crippen molar-refractivity contribution >= 4 is 28.2 Å². The number of urea groups is 1. The number of aromatic nitrogens is 2. The minimum Gasteiger partial charge on any atom is -0.345 e. The van der Waals surface area contributed by atoms with Crippen molar-refractivity contribution in [1.29, 1.82) is 0 Å². The number of hydrogen-bond donors (Lipinski definition) is 1. The third-order valence-electron chi connectivity index (χ3n) is 4.39. The number of nitrogens with one attached hydrogen (secondary N) is 1. The predicted molar refractivity (Wildman–Crippen MR) is 105 cm³/mol. The number of halogens is 1. The van der Waals surface area contributed by atoms with Crippen molar-refractivity contribution < 1.29 is 9.18 Å². The van der Waals surface area contributed by atoms with E-state index in [9.17, 15) is 9.18 Å². The molecular formula is C19H18FN5OS. The molecule has 0 bridgehead atoms. The number of pyridine rings is 1. The van der Waals surface area contributed by atoms with Gasteiger partial charge in [-0.2, -0.15) is 0 Å². The molecule has 1 aliphatic rings. The molecule has 3 aromatic rings. The van der Waals surface area contributed by atoms with E-state index >= 15 is 0 Å². The number of anilines is 2. The van der Waals surface area contributed by atoms with Gasteiger partial charge in [-0.3, -0.25) is 4.98 Å². The number of nitrogens with zero attached hydrogens (tertiary/aromatic N) is 4. The van der Waals surface area contributed by atoms with E-state index < -0.39 is 0 Å². The van der Waals surface area contributed by atoms with E-state index in [1.165, 1.54) is 17.4 Å². The van der Waals surface area contributed by atoms with Gasteiger partial charge < -0.3 is 15.1 Å². The summed E-state index contributed by atoms with van der Waals surface area (Å²) in [6.07, 6.45) is 3.28. The molecule has 27 heavy (non-hydrogen) atoms. The fraction of sp³-hybridized carbons (Fsp3) is 0.211. The zero-order chi connectivity index (χ0) is 18.6. The van der Waals surface area contributed by atoms with Crippen LogP contribution in [0.25, 0.3) is 11.3 Å². The Labute approximate surface area is 160 Å². The summed E-state index contributed by atoms with van der Waals surface area (Å²) < 4.78 is 13.9. The first-order valence-corrected chi connectivity index (χ1v) is 9.50. The summed E-state index contributed by atoms with van der Waals surface area (Å²) in [5.74, 6) is -0.272. The molecule has 2 aromatic heterocycles. The zero-order valence-corrected chi connectivity index (χ0v) is 15.3. The topological polar surface area (TPSA) is 61.4 Å². The molecular weight excluding hydrogens is 365 g/mol. The van der Waals surface area contributed by atoms with Crippen molar-refractivity contribution in [3.63, 3.8) is 0 Å². The van der Waals surface area contributed by atoms with Gasteiger partial charge in [0.15, 0.2) is 5.13 Å². The summed E-state index contributed by atoms with van der Waals surface area (Å²) in [7, 11) is 0. The second-order valence-electron chi connectivity index (χ2n) is 6.14. The Hall–Kier alpha value is -3.00. The smallest absolute Gasteiger partial charge is 0.322 e. The lowest BCUT2D eigenvalue weighted by atomic mass is 10.2. The summed E-state index contributed by atoms with van der Waals surface area (Å²) in [5, 5.41) is 5.57. The van der Waals surface area contributed by atoms with Crippen molar-refractivity contribution in [3.05, 3.63) is 60.0 Å². The van der Waals surface area contributed by atoms with Gasteiger partial charge in [0.1, 0.15) is 5.82 Å². The average Bonchev–Trinajstić information content (AvgIpc) is 3.19. The Morgan fingerprint density at radius 2 is 1.93 bits per heavy atom. The van der Waals surface area contributed by atoms with Gasteiger partial charge in [0.25, 0.3) is 0 Å². The molecule has 6 nitrogen and oxygen atoms in total. The number of hydrogen-bond acceptors (Lipinski definition) is 5. The normalized spacial score (nSPS) is 14.3. The summed E-state index contributed by atoms with van der Waals surface area (Å²) in [6, 6.07) is 10.1. The molecule has 1 saturated heterocycles. The number of amides is 2. The van der Waals surface area contributed by atoms with E-state index in [1.807, 2.05) is 5.38 Å². The Balaban J connectivity index is 1.37. The van der Waals surface area contributed by atoms with Gasteiger partial charge in [0.05, 0.1) is 17.6 Å². The van der Waals surface area contributed by atoms with Crippen LogP contribution in [0.3, 0.4) is 0 Å². The monoisotopic (exact) mass is 383 g/mol. The standard InChI is InChI=1S/C19H18FN5OS/c20-16-6-2-1-5-15(16)17-13-27-19(23-17)25-10-8-24(9-11-25)18(26)22-14-4-3-7-21-12-14/h1-7,12-13H,8-11H2,(H,22,26). The highest BCUT2D eigenvalue weighted by atomic mass is 32.1. The maximum absolute atomic E-state index is 13.9. The lowest BCUT2D eigenvalue weighted by Gasteiger charge is -2.34. The molecule has 1 fully saturated rings. The summed E-state index contributed by atoms with van der Waals surface area (Å²) in [6.45, 7) is 2.57. The van der Waals surface area contributed by atoms with Crippen LogP contribution in [-0.4, -0.2) is 47.1 Å². The fourth-order valence-electron chi connectivity index (χ4n) is 2.94. The molecule has 2 amide bonds. The molecule has 1 aromatic carbocycles. The van der Waals surface area contributed by atoms with E-state index in [4.69, 9.17) is 0 Å². The zero-order valence-electron chi connectivity index (χ0n) is 14.5. The van der Waals surface area contributed by atoms with Crippen LogP contribution in [0.5, 0.6) is 0 Å². The predicted octanol–water partition coefficient (Wildman–Crippen LogP) is 3.70. The van der Waals surface area contributed by atoms with Crippen LogP contribution < -0.4 is 10.2 Å². The molecule has 1 aliphatic heterocycles. The van der Waals surface area contributed by atoms with E-state index in [1.54, 1.807) is 47.6 Å². The lowest BCUT2D eigenvalue weighted by Crippen LogP contribution is -2.50. The Bertz CT molecular complexity index is 925. The molecule has 138 valence electrons. The maximum Gasteiger partial charge on any atom is 0.322 e. The number of rotatable bonds is 3. The SMILES string of the molecule is O=C(Nc1cccnc1)N1CCN(c2nc(-c3ccccc3F)cs2)CC1. The number of piperazine rings is 1. The second-order valence-corrected chi connectivity index (χ2v) is 6.98. The van der Waals surface area contributed by atoms with E-state index in [0.717, 1.165) is 5.13 Å². The molecule has 0 atom stereocenters. The summed E-state index contributed by atoms with van der Waals surface area (Å²) in [5.41, 5.74) is 1.83. The van der Waals surface area contributed by atoms with Crippen LogP contribution in [0.4, 0.5) is 20.0 Å². The molecule has 3 heterocycles. The molecule has 0 spiro atoms. The van der Waals surface area contributed by atoms with Crippen molar-refractivity contribution in [2.75, 3.05) is 36.4 Å². The van der Waals surface area contributed by atoms with E-state index in [2.05, 4.69) is 20.2 Å². The molecule has 1 N–H and O–H groups in total. The van der Waals surface area contributed by atoms with Crippen LogP contribution in [0.15, 0.2) is 54.2 Å². The van der Waals surface area contributed by atoms with Crippen molar-refractivity contribution in [3.8, 4) is 11.3 Å². The third kappa shape index (κ3) is 3.90. The molecule has 0 unspecified atom stereocenters. The minimum atomic E-state index is -0.272. The van der Waals surface area contributed by atoms with Crippen LogP contribution in [0.1, 0.15) is 0 Å². The quantitative estimate of drug-likeness (QED) is 0.749. The highest BCUT2D eigenvalue weighted by Crippen LogP contribution is 2.29. The summed E-state index contributed by atoms with van der Waals surface area (Å²) in [4.78, 5) is 24.8. The first-order valence-electron chi connectivity index (χ1n) is 8.62. The van der Waals surface area contributed by atoms with Gasteiger partial charge in [-0.1, -0.05) is 12.1 Å². The number of benzene rings is 1. The minimum absolute atomic E-state index is 0.131. The average molecular weight is 383 g/mol. The van der Waals surface area contributed by atoms with Gasteiger partial charge >= 0.3 is 6.03 Å². The molecule has 0 saturated carbocycles. The first kappa shape index (κ1) is 17.4. The second kappa shape index (κ2) is 7.71. The van der Waals surface area contributed by atoms with Gasteiger partial charge in [0, 0.05) is 43.3 Å². The van der Waals surface area contributed by atoms with Crippen molar-refractivity contribution in [2.45, 2.75) is 0 Å². The number of thiazole rings is 1. The Morgan fingerprint density at radius 3 is 2.67 bits per heavy atom. The van der Waals surface area contributed by atoms with Crippen LogP contribution in [0.2, 0.25) is 0 Å². The molecule has 4 rings (SSSR count). The van der Waals surface area contributed by atoms with Crippen molar-refractivity contribution in [1.82, 2.24) is 14.9 Å². The highest BCUT2D eigenvalue weighted by Gasteiger charge is 2.23. The van der Waals surface area contributed by atoms with Crippen LogP contribution in [-0.2, 0) is 0 Å². The van der Waals surface area contributed by atoms with Gasteiger partial charge in [0.2, 0.25) is 0 Å². The Morgan fingerprint density at radius 1 is 1.11 bits per heavy atom. The third-order valence-corrected chi connectivity index (χ3v) is 5.29. The maximum atomic E-state index is 13.9. The molecule has 8 heteroatoms. The van der Waals surface area contributed by atoms with Crippen LogP contribution >= 0.6 is 11.3 Å². The van der Waals surface area contributed by atoms with Gasteiger partial charge in [-0.15, -0.1) is 11.3 Å². The lowest BCUT2D eigenvalue weighted by molar-refractivity contribution is 0.208. The number of carbonyl (C=O) groups excluding carboxylic acids is 1. The number of carbonyl (C=O) groups is 1. The first-order chi connectivity index (χ1) is 13.2. The van der Waals surface area contributed by atoms with Gasteiger partial charge in [-0.25, -0.2) is 14.2 Å². The molecule has 0 aliphatic carbocycles.